The molecule has 2 aromatic rings. The SMILES string of the molecule is Cc1nc(CN(C)Cc2c(C)nn(C(C)C)c2C)no1. The van der Waals surface area contributed by atoms with Crippen LogP contribution < -0.4 is 0 Å². The molecule has 0 saturated carbocycles. The summed E-state index contributed by atoms with van der Waals surface area (Å²) in [4.78, 5) is 6.40. The predicted molar refractivity (Wildman–Crippen MR) is 76.3 cm³/mol. The molecule has 0 unspecified atom stereocenters. The van der Waals surface area contributed by atoms with E-state index in [1.807, 2.05) is 0 Å². The van der Waals surface area contributed by atoms with Gasteiger partial charge in [-0.2, -0.15) is 10.1 Å². The van der Waals surface area contributed by atoms with Gasteiger partial charge in [0.25, 0.3) is 0 Å². The maximum atomic E-state index is 4.99. The summed E-state index contributed by atoms with van der Waals surface area (Å²) in [7, 11) is 2.05. The average Bonchev–Trinajstić information content (AvgIpc) is 2.87. The van der Waals surface area contributed by atoms with Crippen molar-refractivity contribution in [2.45, 2.75) is 53.8 Å². The van der Waals surface area contributed by atoms with Crippen LogP contribution in [0.25, 0.3) is 0 Å². The van der Waals surface area contributed by atoms with Gasteiger partial charge in [0.2, 0.25) is 5.89 Å². The molecule has 20 heavy (non-hydrogen) atoms. The van der Waals surface area contributed by atoms with Crippen LogP contribution in [0.4, 0.5) is 0 Å². The van der Waals surface area contributed by atoms with E-state index >= 15 is 0 Å². The molecule has 2 rings (SSSR count). The number of aromatic nitrogens is 4. The molecule has 0 fully saturated rings. The van der Waals surface area contributed by atoms with Crippen LogP contribution in [0.1, 0.15) is 48.6 Å². The molecule has 0 bridgehead atoms. The molecule has 2 aromatic heterocycles. The highest BCUT2D eigenvalue weighted by molar-refractivity contribution is 5.24. The van der Waals surface area contributed by atoms with Gasteiger partial charge in [-0.05, 0) is 34.7 Å². The zero-order chi connectivity index (χ0) is 14.9. The minimum absolute atomic E-state index is 0.382. The summed E-state index contributed by atoms with van der Waals surface area (Å²) in [6.07, 6.45) is 0. The van der Waals surface area contributed by atoms with E-state index < -0.39 is 0 Å². The number of hydrogen-bond acceptors (Lipinski definition) is 5. The molecular weight excluding hydrogens is 254 g/mol. The molecule has 0 aliphatic heterocycles. The predicted octanol–water partition coefficient (Wildman–Crippen LogP) is 2.40. The second-order valence-corrected chi connectivity index (χ2v) is 5.59. The Bertz CT molecular complexity index is 584. The zero-order valence-electron chi connectivity index (χ0n) is 13.1. The van der Waals surface area contributed by atoms with Crippen LogP contribution >= 0.6 is 0 Å². The fourth-order valence-electron chi connectivity index (χ4n) is 2.40. The van der Waals surface area contributed by atoms with Gasteiger partial charge < -0.3 is 4.52 Å². The summed E-state index contributed by atoms with van der Waals surface area (Å²) in [5.74, 6) is 1.32. The van der Waals surface area contributed by atoms with Crippen molar-refractivity contribution in [2.75, 3.05) is 7.05 Å². The quantitative estimate of drug-likeness (QED) is 0.840. The molecule has 2 heterocycles. The van der Waals surface area contributed by atoms with E-state index in [-0.39, 0.29) is 0 Å². The Balaban J connectivity index is 2.09. The smallest absolute Gasteiger partial charge is 0.223 e. The second-order valence-electron chi connectivity index (χ2n) is 5.59. The Hall–Kier alpha value is -1.69. The standard InChI is InChI=1S/C14H23N5O/c1-9(2)19-11(4)13(10(3)16-19)7-18(6)8-14-15-12(5)20-17-14/h9H,7-8H2,1-6H3. The number of aryl methyl sites for hydroxylation is 2. The lowest BCUT2D eigenvalue weighted by Crippen LogP contribution is -2.19. The van der Waals surface area contributed by atoms with Crippen molar-refractivity contribution in [1.29, 1.82) is 0 Å². The molecule has 0 amide bonds. The summed E-state index contributed by atoms with van der Waals surface area (Å²) in [5.41, 5.74) is 3.60. The maximum Gasteiger partial charge on any atom is 0.223 e. The Morgan fingerprint density at radius 1 is 1.20 bits per heavy atom. The van der Waals surface area contributed by atoms with E-state index in [9.17, 15) is 0 Å². The molecule has 0 aromatic carbocycles. The topological polar surface area (TPSA) is 60.0 Å². The molecule has 0 aliphatic carbocycles. The first-order valence-corrected chi connectivity index (χ1v) is 6.90. The summed E-state index contributed by atoms with van der Waals surface area (Å²) < 4.78 is 7.07. The van der Waals surface area contributed by atoms with Gasteiger partial charge in [-0.15, -0.1) is 0 Å². The molecule has 0 aliphatic rings. The highest BCUT2D eigenvalue weighted by atomic mass is 16.5. The van der Waals surface area contributed by atoms with Crippen LogP contribution in [-0.2, 0) is 13.1 Å². The van der Waals surface area contributed by atoms with Crippen LogP contribution in [-0.4, -0.2) is 31.9 Å². The number of rotatable bonds is 5. The minimum atomic E-state index is 0.382. The first kappa shape index (κ1) is 14.7. The summed E-state index contributed by atoms with van der Waals surface area (Å²) >= 11 is 0. The Kier molecular flexibility index (Phi) is 4.23. The number of hydrogen-bond donors (Lipinski definition) is 0. The van der Waals surface area contributed by atoms with Crippen molar-refractivity contribution in [2.24, 2.45) is 0 Å². The first-order valence-electron chi connectivity index (χ1n) is 6.90. The molecule has 0 atom stereocenters. The molecule has 6 heteroatoms. The van der Waals surface area contributed by atoms with Gasteiger partial charge in [0.15, 0.2) is 5.82 Å². The fraction of sp³-hybridized carbons (Fsp3) is 0.643. The van der Waals surface area contributed by atoms with Gasteiger partial charge in [-0.25, -0.2) is 0 Å². The summed E-state index contributed by atoms with van der Waals surface area (Å²) in [5, 5.41) is 8.54. The van der Waals surface area contributed by atoms with E-state index in [0.717, 1.165) is 18.1 Å². The Morgan fingerprint density at radius 3 is 2.40 bits per heavy atom. The molecule has 0 saturated heterocycles. The summed E-state index contributed by atoms with van der Waals surface area (Å²) in [6, 6.07) is 0.382. The maximum absolute atomic E-state index is 4.99. The summed E-state index contributed by atoms with van der Waals surface area (Å²) in [6.45, 7) is 11.8. The van der Waals surface area contributed by atoms with Gasteiger partial charge in [0, 0.05) is 30.8 Å². The van der Waals surface area contributed by atoms with Gasteiger partial charge in [0.05, 0.1) is 12.2 Å². The molecular formula is C14H23N5O. The Labute approximate surface area is 119 Å². The van der Waals surface area contributed by atoms with Gasteiger partial charge >= 0.3 is 0 Å². The molecule has 0 radical (unpaired) electrons. The Morgan fingerprint density at radius 2 is 1.90 bits per heavy atom. The average molecular weight is 277 g/mol. The van der Waals surface area contributed by atoms with Crippen molar-refractivity contribution in [3.63, 3.8) is 0 Å². The highest BCUT2D eigenvalue weighted by Crippen LogP contribution is 2.19. The lowest BCUT2D eigenvalue weighted by Gasteiger charge is -2.15. The van der Waals surface area contributed by atoms with Crippen LogP contribution in [0.2, 0.25) is 0 Å². The lowest BCUT2D eigenvalue weighted by molar-refractivity contribution is 0.299. The van der Waals surface area contributed by atoms with Crippen molar-refractivity contribution in [3.05, 3.63) is 28.7 Å². The van der Waals surface area contributed by atoms with Gasteiger partial charge in [0.1, 0.15) is 0 Å². The largest absolute Gasteiger partial charge is 0.340 e. The van der Waals surface area contributed by atoms with E-state index in [4.69, 9.17) is 4.52 Å². The van der Waals surface area contributed by atoms with Gasteiger partial charge in [-0.1, -0.05) is 5.16 Å². The third kappa shape index (κ3) is 3.07. The van der Waals surface area contributed by atoms with Crippen LogP contribution in [0, 0.1) is 20.8 Å². The van der Waals surface area contributed by atoms with Crippen LogP contribution in [0.15, 0.2) is 4.52 Å². The van der Waals surface area contributed by atoms with Crippen molar-refractivity contribution < 1.29 is 4.52 Å². The van der Waals surface area contributed by atoms with E-state index in [2.05, 4.69) is 59.6 Å². The lowest BCUT2D eigenvalue weighted by atomic mass is 10.2. The van der Waals surface area contributed by atoms with Crippen molar-refractivity contribution >= 4 is 0 Å². The second kappa shape index (κ2) is 5.75. The molecule has 6 nitrogen and oxygen atoms in total. The van der Waals surface area contributed by atoms with Crippen molar-refractivity contribution in [3.8, 4) is 0 Å². The van der Waals surface area contributed by atoms with Crippen LogP contribution in [0.5, 0.6) is 0 Å². The third-order valence-electron chi connectivity index (χ3n) is 3.37. The van der Waals surface area contributed by atoms with E-state index in [1.54, 1.807) is 6.92 Å². The first-order chi connectivity index (χ1) is 9.38. The highest BCUT2D eigenvalue weighted by Gasteiger charge is 2.16. The number of nitrogens with zero attached hydrogens (tertiary/aromatic N) is 5. The van der Waals surface area contributed by atoms with E-state index in [1.165, 1.54) is 11.3 Å². The van der Waals surface area contributed by atoms with Crippen molar-refractivity contribution in [1.82, 2.24) is 24.8 Å². The van der Waals surface area contributed by atoms with Crippen LogP contribution in [0.3, 0.4) is 0 Å². The monoisotopic (exact) mass is 277 g/mol. The third-order valence-corrected chi connectivity index (χ3v) is 3.37. The molecule has 0 N–H and O–H groups in total. The minimum Gasteiger partial charge on any atom is -0.340 e. The molecule has 0 spiro atoms. The fourth-order valence-corrected chi connectivity index (χ4v) is 2.40. The van der Waals surface area contributed by atoms with Gasteiger partial charge in [-0.3, -0.25) is 9.58 Å². The zero-order valence-corrected chi connectivity index (χ0v) is 13.1. The normalized spacial score (nSPS) is 11.8. The van der Waals surface area contributed by atoms with E-state index in [0.29, 0.717) is 18.5 Å². The molecule has 110 valence electrons.